The standard InChI is InChI=1S/C23H31ClN4O3/c1-14(25-22(30)31-23(3,4)5)18-13-16-7-6-8-19(24)20(16)27-21(18)28-11-9-17(10-12-28)26-15(2)29/h6-8,13-14,17H,9-12H2,1-5H3,(H,25,30)(H,26,29)/t14-/m0/s1. The number of rotatable bonds is 4. The first-order chi connectivity index (χ1) is 14.5. The summed E-state index contributed by atoms with van der Waals surface area (Å²) in [5, 5.41) is 7.43. The molecule has 1 aromatic carbocycles. The summed E-state index contributed by atoms with van der Waals surface area (Å²) in [5.41, 5.74) is 1.06. The number of hydrogen-bond donors (Lipinski definition) is 2. The summed E-state index contributed by atoms with van der Waals surface area (Å²) in [5.74, 6) is 0.787. The quantitative estimate of drug-likeness (QED) is 0.718. The van der Waals surface area contributed by atoms with Crippen LogP contribution in [0.15, 0.2) is 24.3 Å². The fourth-order valence-electron chi connectivity index (χ4n) is 3.83. The first kappa shape index (κ1) is 23.1. The number of carbonyl (C=O) groups excluding carboxylic acids is 2. The molecule has 2 N–H and O–H groups in total. The van der Waals surface area contributed by atoms with E-state index in [0.29, 0.717) is 5.02 Å². The third kappa shape index (κ3) is 6.00. The predicted octanol–water partition coefficient (Wildman–Crippen LogP) is 4.58. The number of ether oxygens (including phenoxy) is 1. The van der Waals surface area contributed by atoms with Crippen LogP contribution in [-0.2, 0) is 9.53 Å². The average Bonchev–Trinajstić information content (AvgIpc) is 2.66. The van der Waals surface area contributed by atoms with E-state index in [4.69, 9.17) is 21.3 Å². The Morgan fingerprint density at radius 2 is 1.94 bits per heavy atom. The molecule has 0 bridgehead atoms. The molecule has 1 fully saturated rings. The van der Waals surface area contributed by atoms with E-state index in [2.05, 4.69) is 15.5 Å². The van der Waals surface area contributed by atoms with Crippen LogP contribution < -0.4 is 15.5 Å². The topological polar surface area (TPSA) is 83.6 Å². The van der Waals surface area contributed by atoms with Crippen LogP contribution in [0, 0.1) is 0 Å². The number of halogens is 1. The average molecular weight is 447 g/mol. The number of para-hydroxylation sites is 1. The van der Waals surface area contributed by atoms with Gasteiger partial charge in [0.2, 0.25) is 5.91 Å². The Hall–Kier alpha value is -2.54. The molecule has 1 aromatic heterocycles. The first-order valence-electron chi connectivity index (χ1n) is 10.6. The maximum Gasteiger partial charge on any atom is 0.408 e. The zero-order chi connectivity index (χ0) is 22.8. The van der Waals surface area contributed by atoms with Gasteiger partial charge in [0.05, 0.1) is 16.6 Å². The summed E-state index contributed by atoms with van der Waals surface area (Å²) in [6.45, 7) is 10.5. The number of anilines is 1. The maximum atomic E-state index is 12.4. The number of carbonyl (C=O) groups is 2. The van der Waals surface area contributed by atoms with Crippen molar-refractivity contribution in [2.45, 2.75) is 65.1 Å². The smallest absolute Gasteiger partial charge is 0.408 e. The van der Waals surface area contributed by atoms with Crippen LogP contribution in [0.4, 0.5) is 10.6 Å². The molecule has 0 unspecified atom stereocenters. The number of benzene rings is 1. The molecular formula is C23H31ClN4O3. The number of hydrogen-bond acceptors (Lipinski definition) is 5. The second-order valence-corrected chi connectivity index (χ2v) is 9.45. The van der Waals surface area contributed by atoms with Gasteiger partial charge in [-0.05, 0) is 52.7 Å². The fourth-order valence-corrected chi connectivity index (χ4v) is 4.05. The van der Waals surface area contributed by atoms with E-state index in [0.717, 1.165) is 48.2 Å². The van der Waals surface area contributed by atoms with Crippen LogP contribution in [0.2, 0.25) is 5.02 Å². The molecule has 0 aliphatic carbocycles. The second kappa shape index (κ2) is 9.30. The van der Waals surface area contributed by atoms with E-state index >= 15 is 0 Å². The predicted molar refractivity (Wildman–Crippen MR) is 124 cm³/mol. The van der Waals surface area contributed by atoms with Crippen molar-refractivity contribution in [2.24, 2.45) is 0 Å². The highest BCUT2D eigenvalue weighted by Gasteiger charge is 2.26. The number of nitrogens with one attached hydrogen (secondary N) is 2. The van der Waals surface area contributed by atoms with Gasteiger partial charge < -0.3 is 20.3 Å². The molecule has 0 radical (unpaired) electrons. The third-order valence-corrected chi connectivity index (χ3v) is 5.51. The number of pyridine rings is 1. The number of amides is 2. The Morgan fingerprint density at radius 1 is 1.26 bits per heavy atom. The van der Waals surface area contributed by atoms with Gasteiger partial charge in [-0.25, -0.2) is 9.78 Å². The summed E-state index contributed by atoms with van der Waals surface area (Å²) >= 11 is 6.42. The van der Waals surface area contributed by atoms with Gasteiger partial charge in [0, 0.05) is 37.0 Å². The first-order valence-corrected chi connectivity index (χ1v) is 11.0. The van der Waals surface area contributed by atoms with Crippen LogP contribution >= 0.6 is 11.6 Å². The lowest BCUT2D eigenvalue weighted by atomic mass is 10.0. The molecule has 0 spiro atoms. The van der Waals surface area contributed by atoms with Crippen molar-refractivity contribution in [3.63, 3.8) is 0 Å². The minimum atomic E-state index is -0.576. The van der Waals surface area contributed by atoms with Crippen LogP contribution in [-0.4, -0.2) is 41.7 Å². The lowest BCUT2D eigenvalue weighted by molar-refractivity contribution is -0.119. The minimum absolute atomic E-state index is 0.00932. The molecule has 2 heterocycles. The summed E-state index contributed by atoms with van der Waals surface area (Å²) in [4.78, 5) is 30.9. The second-order valence-electron chi connectivity index (χ2n) is 9.04. The Morgan fingerprint density at radius 3 is 2.55 bits per heavy atom. The molecule has 2 amide bonds. The monoisotopic (exact) mass is 446 g/mol. The molecule has 7 nitrogen and oxygen atoms in total. The number of fused-ring (bicyclic) bond motifs is 1. The molecule has 3 rings (SSSR count). The molecule has 1 saturated heterocycles. The van der Waals surface area contributed by atoms with Crippen molar-refractivity contribution < 1.29 is 14.3 Å². The van der Waals surface area contributed by atoms with E-state index in [9.17, 15) is 9.59 Å². The van der Waals surface area contributed by atoms with Gasteiger partial charge in [-0.1, -0.05) is 23.7 Å². The van der Waals surface area contributed by atoms with Crippen molar-refractivity contribution in [1.82, 2.24) is 15.6 Å². The molecule has 1 aliphatic rings. The van der Waals surface area contributed by atoms with E-state index < -0.39 is 11.7 Å². The van der Waals surface area contributed by atoms with E-state index in [-0.39, 0.29) is 18.0 Å². The molecule has 8 heteroatoms. The zero-order valence-corrected chi connectivity index (χ0v) is 19.5. The highest BCUT2D eigenvalue weighted by Crippen LogP contribution is 2.33. The number of aromatic nitrogens is 1. The van der Waals surface area contributed by atoms with Gasteiger partial charge in [0.1, 0.15) is 11.4 Å². The molecule has 1 aliphatic heterocycles. The fraction of sp³-hybridized carbons (Fsp3) is 0.522. The molecule has 0 saturated carbocycles. The van der Waals surface area contributed by atoms with Crippen molar-refractivity contribution in [2.75, 3.05) is 18.0 Å². The lowest BCUT2D eigenvalue weighted by Crippen LogP contribution is -2.44. The normalized spacial score (nSPS) is 16.1. The van der Waals surface area contributed by atoms with E-state index in [1.165, 1.54) is 0 Å². The SMILES string of the molecule is CC(=O)NC1CCN(c2nc3c(Cl)cccc3cc2[C@H](C)NC(=O)OC(C)(C)C)CC1. The molecule has 168 valence electrons. The number of nitrogens with zero attached hydrogens (tertiary/aromatic N) is 2. The van der Waals surface area contributed by atoms with Crippen molar-refractivity contribution >= 4 is 40.3 Å². The zero-order valence-electron chi connectivity index (χ0n) is 18.8. The number of piperidine rings is 1. The maximum absolute atomic E-state index is 12.4. The highest BCUT2D eigenvalue weighted by atomic mass is 35.5. The highest BCUT2D eigenvalue weighted by molar-refractivity contribution is 6.35. The van der Waals surface area contributed by atoms with Crippen LogP contribution in [0.1, 0.15) is 59.1 Å². The molecule has 2 aromatic rings. The minimum Gasteiger partial charge on any atom is -0.444 e. The summed E-state index contributed by atoms with van der Waals surface area (Å²) < 4.78 is 5.43. The van der Waals surface area contributed by atoms with Crippen molar-refractivity contribution in [3.8, 4) is 0 Å². The van der Waals surface area contributed by atoms with Gasteiger partial charge in [0.15, 0.2) is 0 Å². The van der Waals surface area contributed by atoms with E-state index in [1.54, 1.807) is 6.92 Å². The molecule has 1 atom stereocenters. The van der Waals surface area contributed by atoms with Crippen LogP contribution in [0.3, 0.4) is 0 Å². The van der Waals surface area contributed by atoms with Crippen molar-refractivity contribution in [3.05, 3.63) is 34.9 Å². The molecular weight excluding hydrogens is 416 g/mol. The van der Waals surface area contributed by atoms with Crippen LogP contribution in [0.5, 0.6) is 0 Å². The lowest BCUT2D eigenvalue weighted by Gasteiger charge is -2.35. The van der Waals surface area contributed by atoms with Crippen LogP contribution in [0.25, 0.3) is 10.9 Å². The molecule has 31 heavy (non-hydrogen) atoms. The summed E-state index contributed by atoms with van der Waals surface area (Å²) in [6, 6.07) is 7.56. The van der Waals surface area contributed by atoms with Gasteiger partial charge in [-0.2, -0.15) is 0 Å². The van der Waals surface area contributed by atoms with E-state index in [1.807, 2.05) is 52.0 Å². The Kier molecular flexibility index (Phi) is 6.94. The van der Waals surface area contributed by atoms with Crippen molar-refractivity contribution in [1.29, 1.82) is 0 Å². The summed E-state index contributed by atoms with van der Waals surface area (Å²) in [6.07, 6.45) is 1.19. The Labute approximate surface area is 188 Å². The summed E-state index contributed by atoms with van der Waals surface area (Å²) in [7, 11) is 0. The Balaban J connectivity index is 1.90. The van der Waals surface area contributed by atoms with Gasteiger partial charge in [0.25, 0.3) is 0 Å². The largest absolute Gasteiger partial charge is 0.444 e. The number of alkyl carbamates (subject to hydrolysis) is 1. The van der Waals surface area contributed by atoms with Gasteiger partial charge in [-0.15, -0.1) is 0 Å². The Bertz CT molecular complexity index is 965. The van der Waals surface area contributed by atoms with Gasteiger partial charge >= 0.3 is 6.09 Å². The third-order valence-electron chi connectivity index (χ3n) is 5.21. The van der Waals surface area contributed by atoms with Gasteiger partial charge in [-0.3, -0.25) is 4.79 Å².